The molecule has 0 spiro atoms. The van der Waals surface area contributed by atoms with E-state index in [9.17, 15) is 4.79 Å². The minimum Gasteiger partial charge on any atom is -0.467 e. The summed E-state index contributed by atoms with van der Waals surface area (Å²) in [5.41, 5.74) is 2.02. The molecule has 1 aromatic carbocycles. The van der Waals surface area contributed by atoms with E-state index in [4.69, 9.17) is 16.0 Å². The van der Waals surface area contributed by atoms with Crippen molar-refractivity contribution >= 4 is 39.1 Å². The third kappa shape index (κ3) is 3.38. The van der Waals surface area contributed by atoms with Crippen LogP contribution in [0, 0.1) is 6.92 Å². The van der Waals surface area contributed by atoms with Gasteiger partial charge >= 0.3 is 0 Å². The maximum absolute atomic E-state index is 12.4. The molecule has 0 aliphatic rings. The van der Waals surface area contributed by atoms with Gasteiger partial charge in [0.25, 0.3) is 5.91 Å². The van der Waals surface area contributed by atoms with Gasteiger partial charge in [-0.05, 0) is 42.8 Å². The molecule has 0 bridgehead atoms. The van der Waals surface area contributed by atoms with Gasteiger partial charge in [0.2, 0.25) is 0 Å². The minimum absolute atomic E-state index is 0.111. The molecule has 4 rings (SSSR count). The van der Waals surface area contributed by atoms with E-state index in [-0.39, 0.29) is 5.91 Å². The number of hydrogen-bond acceptors (Lipinski definition) is 4. The van der Waals surface area contributed by atoms with Crippen LogP contribution in [-0.4, -0.2) is 15.7 Å². The van der Waals surface area contributed by atoms with Crippen LogP contribution in [-0.2, 0) is 13.1 Å². The molecule has 3 aromatic heterocycles. The van der Waals surface area contributed by atoms with Gasteiger partial charge in [-0.15, -0.1) is 11.3 Å². The molecule has 0 fully saturated rings. The predicted molar refractivity (Wildman–Crippen MR) is 103 cm³/mol. The summed E-state index contributed by atoms with van der Waals surface area (Å²) in [5, 5.41) is 9.20. The lowest BCUT2D eigenvalue weighted by Gasteiger charge is -2.03. The predicted octanol–water partition coefficient (Wildman–Crippen LogP) is 4.63. The Bertz CT molecular complexity index is 1050. The zero-order chi connectivity index (χ0) is 18.1. The van der Waals surface area contributed by atoms with Crippen LogP contribution in [0.1, 0.15) is 26.7 Å². The summed E-state index contributed by atoms with van der Waals surface area (Å²) in [6.07, 6.45) is 1.59. The maximum Gasteiger partial charge on any atom is 0.261 e. The van der Waals surface area contributed by atoms with Crippen molar-refractivity contribution in [2.24, 2.45) is 0 Å². The number of nitrogens with one attached hydrogen (secondary N) is 1. The molecule has 0 radical (unpaired) electrons. The highest BCUT2D eigenvalue weighted by Crippen LogP contribution is 2.29. The highest BCUT2D eigenvalue weighted by atomic mass is 35.5. The second kappa shape index (κ2) is 6.97. The fraction of sp³-hybridized carbons (Fsp3) is 0.158. The van der Waals surface area contributed by atoms with E-state index in [0.717, 1.165) is 27.2 Å². The van der Waals surface area contributed by atoms with E-state index in [0.29, 0.717) is 23.0 Å². The molecule has 3 heterocycles. The van der Waals surface area contributed by atoms with Gasteiger partial charge < -0.3 is 9.73 Å². The first kappa shape index (κ1) is 16.9. The molecule has 7 heteroatoms. The average Bonchev–Trinajstić information content (AvgIpc) is 3.35. The second-order valence-electron chi connectivity index (χ2n) is 5.96. The first-order valence-corrected chi connectivity index (χ1v) is 9.31. The fourth-order valence-corrected chi connectivity index (χ4v) is 3.97. The number of hydrogen-bond donors (Lipinski definition) is 1. The second-order valence-corrected chi connectivity index (χ2v) is 7.43. The minimum atomic E-state index is -0.111. The molecule has 0 saturated carbocycles. The molecule has 1 amide bonds. The molecule has 5 nitrogen and oxygen atoms in total. The van der Waals surface area contributed by atoms with E-state index >= 15 is 0 Å². The normalized spacial score (nSPS) is 11.2. The van der Waals surface area contributed by atoms with E-state index in [1.807, 2.05) is 48.0 Å². The Morgan fingerprint density at radius 1 is 1.31 bits per heavy atom. The van der Waals surface area contributed by atoms with Crippen LogP contribution >= 0.6 is 22.9 Å². The Hall–Kier alpha value is -2.57. The highest BCUT2D eigenvalue weighted by molar-refractivity contribution is 7.20. The third-order valence-electron chi connectivity index (χ3n) is 4.08. The van der Waals surface area contributed by atoms with Gasteiger partial charge in [-0.2, -0.15) is 5.10 Å². The van der Waals surface area contributed by atoms with E-state index in [1.54, 1.807) is 12.3 Å². The Kier molecular flexibility index (Phi) is 4.53. The summed E-state index contributed by atoms with van der Waals surface area (Å²) in [7, 11) is 0. The quantitative estimate of drug-likeness (QED) is 0.544. The van der Waals surface area contributed by atoms with Crippen LogP contribution in [0.15, 0.2) is 53.1 Å². The van der Waals surface area contributed by atoms with Gasteiger partial charge in [0.05, 0.1) is 29.9 Å². The molecule has 4 aromatic rings. The number of thiophene rings is 1. The first-order chi connectivity index (χ1) is 12.6. The monoisotopic (exact) mass is 385 g/mol. The number of aryl methyl sites for hydroxylation is 1. The molecule has 0 unspecified atom stereocenters. The van der Waals surface area contributed by atoms with Gasteiger partial charge in [0.1, 0.15) is 10.6 Å². The molecule has 26 heavy (non-hydrogen) atoms. The maximum atomic E-state index is 12.4. The summed E-state index contributed by atoms with van der Waals surface area (Å²) in [6, 6.07) is 13.2. The lowest BCUT2D eigenvalue weighted by Crippen LogP contribution is -2.21. The smallest absolute Gasteiger partial charge is 0.261 e. The van der Waals surface area contributed by atoms with Crippen molar-refractivity contribution in [2.45, 2.75) is 20.0 Å². The van der Waals surface area contributed by atoms with Crippen LogP contribution in [0.3, 0.4) is 0 Å². The summed E-state index contributed by atoms with van der Waals surface area (Å²) in [5.74, 6) is 0.615. The standard InChI is InChI=1S/C19H16ClN3O2S/c1-12-16-9-17(18(24)21-10-15-3-2-8-25-15)26-19(16)23(22-12)11-13-4-6-14(20)7-5-13/h2-9H,10-11H2,1H3,(H,21,24). The summed E-state index contributed by atoms with van der Waals surface area (Å²) in [4.78, 5) is 14.1. The number of furan rings is 1. The molecular formula is C19H16ClN3O2S. The number of benzene rings is 1. The van der Waals surface area contributed by atoms with Crippen LogP contribution in [0.25, 0.3) is 10.2 Å². The Balaban J connectivity index is 1.56. The lowest BCUT2D eigenvalue weighted by atomic mass is 10.2. The number of halogens is 1. The Morgan fingerprint density at radius 3 is 2.85 bits per heavy atom. The van der Waals surface area contributed by atoms with Crippen molar-refractivity contribution in [2.75, 3.05) is 0 Å². The van der Waals surface area contributed by atoms with Crippen molar-refractivity contribution in [1.82, 2.24) is 15.1 Å². The van der Waals surface area contributed by atoms with Crippen LogP contribution in [0.2, 0.25) is 5.02 Å². The van der Waals surface area contributed by atoms with Gasteiger partial charge in [-0.1, -0.05) is 23.7 Å². The zero-order valence-electron chi connectivity index (χ0n) is 14.0. The molecule has 132 valence electrons. The molecule has 1 N–H and O–H groups in total. The third-order valence-corrected chi connectivity index (χ3v) is 5.48. The SMILES string of the molecule is Cc1nn(Cc2ccc(Cl)cc2)c2sc(C(=O)NCc3ccco3)cc12. The van der Waals surface area contributed by atoms with Gasteiger partial charge in [-0.25, -0.2) is 0 Å². The number of aromatic nitrogens is 2. The molecule has 0 saturated heterocycles. The average molecular weight is 386 g/mol. The molecule has 0 aliphatic carbocycles. The summed E-state index contributed by atoms with van der Waals surface area (Å²) in [6.45, 7) is 2.96. The highest BCUT2D eigenvalue weighted by Gasteiger charge is 2.16. The molecule has 0 atom stereocenters. The number of fused-ring (bicyclic) bond motifs is 1. The molecule has 0 aliphatic heterocycles. The summed E-state index contributed by atoms with van der Waals surface area (Å²) < 4.78 is 7.17. The van der Waals surface area contributed by atoms with E-state index in [1.165, 1.54) is 11.3 Å². The van der Waals surface area contributed by atoms with Gasteiger partial charge in [0.15, 0.2) is 0 Å². The van der Waals surface area contributed by atoms with Gasteiger partial charge in [0, 0.05) is 10.4 Å². The number of amides is 1. The van der Waals surface area contributed by atoms with Crippen molar-refractivity contribution < 1.29 is 9.21 Å². The fourth-order valence-electron chi connectivity index (χ4n) is 2.76. The topological polar surface area (TPSA) is 60.1 Å². The number of carbonyl (C=O) groups excluding carboxylic acids is 1. The Morgan fingerprint density at radius 2 is 2.12 bits per heavy atom. The van der Waals surface area contributed by atoms with Crippen molar-refractivity contribution in [3.05, 3.63) is 75.6 Å². The van der Waals surface area contributed by atoms with Crippen molar-refractivity contribution in [3.8, 4) is 0 Å². The van der Waals surface area contributed by atoms with E-state index < -0.39 is 0 Å². The lowest BCUT2D eigenvalue weighted by molar-refractivity contribution is 0.0952. The van der Waals surface area contributed by atoms with Gasteiger partial charge in [-0.3, -0.25) is 9.48 Å². The largest absolute Gasteiger partial charge is 0.467 e. The number of carbonyl (C=O) groups is 1. The zero-order valence-corrected chi connectivity index (χ0v) is 15.6. The van der Waals surface area contributed by atoms with Crippen molar-refractivity contribution in [3.63, 3.8) is 0 Å². The number of nitrogens with zero attached hydrogens (tertiary/aromatic N) is 2. The first-order valence-electron chi connectivity index (χ1n) is 8.12. The van der Waals surface area contributed by atoms with E-state index in [2.05, 4.69) is 10.4 Å². The number of rotatable bonds is 5. The summed E-state index contributed by atoms with van der Waals surface area (Å²) >= 11 is 7.39. The van der Waals surface area contributed by atoms with Crippen LogP contribution in [0.4, 0.5) is 0 Å². The van der Waals surface area contributed by atoms with Crippen LogP contribution < -0.4 is 5.32 Å². The Labute approximate surface area is 159 Å². The van der Waals surface area contributed by atoms with Crippen molar-refractivity contribution in [1.29, 1.82) is 0 Å². The molecular weight excluding hydrogens is 370 g/mol. The van der Waals surface area contributed by atoms with Crippen LogP contribution in [0.5, 0.6) is 0 Å².